The Bertz CT molecular complexity index is 698. The fraction of sp³-hybridized carbons (Fsp3) is 0.353. The number of nitrogens with one attached hydrogen (secondary N) is 1. The summed E-state index contributed by atoms with van der Waals surface area (Å²) in [6.45, 7) is 9.02. The van der Waals surface area contributed by atoms with Crippen LogP contribution in [-0.4, -0.2) is 35.4 Å². The average molecular weight is 331 g/mol. The summed E-state index contributed by atoms with van der Waals surface area (Å²) in [6, 6.07) is 5.16. The normalized spacial score (nSPS) is 21.4. The van der Waals surface area contributed by atoms with Crippen molar-refractivity contribution in [1.29, 1.82) is 0 Å². The van der Waals surface area contributed by atoms with Crippen LogP contribution in [0.4, 0.5) is 4.79 Å². The topological polar surface area (TPSA) is 102 Å². The molecule has 1 aromatic rings. The number of carbonyl (C=O) groups is 3. The van der Waals surface area contributed by atoms with Gasteiger partial charge in [-0.1, -0.05) is 18.7 Å². The van der Waals surface area contributed by atoms with Crippen LogP contribution in [0.1, 0.15) is 26.3 Å². The van der Waals surface area contributed by atoms with Crippen molar-refractivity contribution >= 4 is 17.8 Å². The van der Waals surface area contributed by atoms with Gasteiger partial charge >= 0.3 is 6.03 Å². The van der Waals surface area contributed by atoms with Crippen LogP contribution < -0.4 is 15.8 Å². The highest BCUT2D eigenvalue weighted by Gasteiger charge is 2.51. The number of benzene rings is 1. The number of rotatable bonds is 6. The van der Waals surface area contributed by atoms with Gasteiger partial charge in [0.05, 0.1) is 0 Å². The Morgan fingerprint density at radius 2 is 1.96 bits per heavy atom. The minimum Gasteiger partial charge on any atom is -0.489 e. The fourth-order valence-corrected chi connectivity index (χ4v) is 2.43. The molecule has 128 valence electrons. The van der Waals surface area contributed by atoms with E-state index in [1.54, 1.807) is 31.2 Å². The summed E-state index contributed by atoms with van der Waals surface area (Å²) in [5.74, 6) is -0.634. The summed E-state index contributed by atoms with van der Waals surface area (Å²) in [5, 5.41) is 2.63. The summed E-state index contributed by atoms with van der Waals surface area (Å²) in [5.41, 5.74) is 5.43. The molecule has 0 aromatic heterocycles. The summed E-state index contributed by atoms with van der Waals surface area (Å²) in [7, 11) is 0. The summed E-state index contributed by atoms with van der Waals surface area (Å²) in [4.78, 5) is 37.0. The first-order valence-electron chi connectivity index (χ1n) is 7.49. The van der Waals surface area contributed by atoms with Gasteiger partial charge < -0.3 is 15.8 Å². The molecule has 4 amide bonds. The molecule has 0 aliphatic carbocycles. The molecule has 2 rings (SSSR count). The number of hydrogen-bond donors (Lipinski definition) is 2. The van der Waals surface area contributed by atoms with E-state index in [1.165, 1.54) is 6.92 Å². The molecular formula is C17H21N3O4. The summed E-state index contributed by atoms with van der Waals surface area (Å²) in [6.07, 6.45) is 0. The number of nitrogens with two attached hydrogens (primary N) is 1. The molecule has 7 nitrogen and oxygen atoms in total. The molecule has 1 heterocycles. The van der Waals surface area contributed by atoms with Gasteiger partial charge in [0.25, 0.3) is 5.91 Å². The zero-order chi connectivity index (χ0) is 18.1. The van der Waals surface area contributed by atoms with E-state index >= 15 is 0 Å². The van der Waals surface area contributed by atoms with Gasteiger partial charge in [-0.05, 0) is 44.0 Å². The maximum absolute atomic E-state index is 12.7. The number of urea groups is 1. The Labute approximate surface area is 140 Å². The zero-order valence-corrected chi connectivity index (χ0v) is 14.0. The number of nitrogens with zero attached hydrogens (tertiary/aromatic N) is 1. The third kappa shape index (κ3) is 3.10. The van der Waals surface area contributed by atoms with Gasteiger partial charge in [-0.2, -0.15) is 0 Å². The van der Waals surface area contributed by atoms with E-state index in [-0.39, 0.29) is 0 Å². The molecule has 3 N–H and O–H groups in total. The summed E-state index contributed by atoms with van der Waals surface area (Å²) < 4.78 is 5.51. The second kappa shape index (κ2) is 6.35. The van der Waals surface area contributed by atoms with E-state index in [0.29, 0.717) is 17.9 Å². The van der Waals surface area contributed by atoms with Crippen molar-refractivity contribution in [3.63, 3.8) is 0 Å². The Morgan fingerprint density at radius 3 is 2.46 bits per heavy atom. The van der Waals surface area contributed by atoms with Gasteiger partial charge in [0.1, 0.15) is 23.9 Å². The number of hydrogen-bond acceptors (Lipinski definition) is 4. The Balaban J connectivity index is 2.24. The Morgan fingerprint density at radius 1 is 1.38 bits per heavy atom. The minimum atomic E-state index is -1.26. The largest absolute Gasteiger partial charge is 0.489 e. The first kappa shape index (κ1) is 17.5. The lowest BCUT2D eigenvalue weighted by molar-refractivity contribution is -0.136. The van der Waals surface area contributed by atoms with Gasteiger partial charge in [0.2, 0.25) is 5.91 Å². The lowest BCUT2D eigenvalue weighted by Gasteiger charge is -2.24. The predicted molar refractivity (Wildman–Crippen MR) is 88.1 cm³/mol. The van der Waals surface area contributed by atoms with Gasteiger partial charge in [-0.15, -0.1) is 0 Å². The highest BCUT2D eigenvalue weighted by molar-refractivity contribution is 6.09. The van der Waals surface area contributed by atoms with Crippen LogP contribution in [0.3, 0.4) is 0 Å². The molecule has 1 fully saturated rings. The summed E-state index contributed by atoms with van der Waals surface area (Å²) >= 11 is 0. The lowest BCUT2D eigenvalue weighted by atomic mass is 9.92. The molecular weight excluding hydrogens is 310 g/mol. The third-order valence-electron chi connectivity index (χ3n) is 3.94. The molecule has 1 saturated heterocycles. The molecule has 24 heavy (non-hydrogen) atoms. The number of ether oxygens (including phenoxy) is 1. The second-order valence-corrected chi connectivity index (χ2v) is 6.08. The van der Waals surface area contributed by atoms with Crippen LogP contribution in [0.15, 0.2) is 36.4 Å². The number of primary amides is 1. The molecule has 0 spiro atoms. The minimum absolute atomic E-state index is 0.399. The highest BCUT2D eigenvalue weighted by atomic mass is 16.5. The van der Waals surface area contributed by atoms with Crippen LogP contribution in [0.2, 0.25) is 0 Å². The van der Waals surface area contributed by atoms with E-state index in [9.17, 15) is 14.4 Å². The molecule has 2 unspecified atom stereocenters. The first-order valence-corrected chi connectivity index (χ1v) is 7.49. The van der Waals surface area contributed by atoms with Crippen molar-refractivity contribution in [3.05, 3.63) is 42.0 Å². The van der Waals surface area contributed by atoms with Gasteiger partial charge in [-0.3, -0.25) is 9.59 Å². The van der Waals surface area contributed by atoms with Crippen molar-refractivity contribution in [2.45, 2.75) is 32.4 Å². The van der Waals surface area contributed by atoms with E-state index in [1.807, 2.05) is 6.92 Å². The molecule has 2 atom stereocenters. The second-order valence-electron chi connectivity index (χ2n) is 6.08. The number of carbonyl (C=O) groups excluding carboxylic acids is 3. The number of amides is 4. The average Bonchev–Trinajstić information content (AvgIpc) is 2.75. The number of imide groups is 1. The maximum Gasteiger partial charge on any atom is 0.326 e. The van der Waals surface area contributed by atoms with E-state index in [4.69, 9.17) is 10.5 Å². The van der Waals surface area contributed by atoms with Crippen molar-refractivity contribution in [1.82, 2.24) is 10.2 Å². The van der Waals surface area contributed by atoms with Gasteiger partial charge in [-0.25, -0.2) is 9.69 Å². The maximum atomic E-state index is 12.7. The lowest BCUT2D eigenvalue weighted by Crippen LogP contribution is -2.47. The highest BCUT2D eigenvalue weighted by Crippen LogP contribution is 2.31. The first-order chi connectivity index (χ1) is 11.2. The molecule has 0 radical (unpaired) electrons. The van der Waals surface area contributed by atoms with E-state index < -0.39 is 29.4 Å². The van der Waals surface area contributed by atoms with Gasteiger partial charge in [0, 0.05) is 0 Å². The Kier molecular flexibility index (Phi) is 4.64. The molecule has 1 aromatic carbocycles. The SMILES string of the molecule is C=C(C)COc1ccc(C2(C)NC(=O)N(C(C)C(N)=O)C2=O)cc1. The monoisotopic (exact) mass is 331 g/mol. The van der Waals surface area contributed by atoms with Crippen molar-refractivity contribution in [2.24, 2.45) is 5.73 Å². The van der Waals surface area contributed by atoms with E-state index in [0.717, 1.165) is 10.5 Å². The van der Waals surface area contributed by atoms with Crippen LogP contribution in [-0.2, 0) is 15.1 Å². The fourth-order valence-electron chi connectivity index (χ4n) is 2.43. The smallest absolute Gasteiger partial charge is 0.326 e. The molecule has 1 aliphatic rings. The van der Waals surface area contributed by atoms with Crippen LogP contribution >= 0.6 is 0 Å². The van der Waals surface area contributed by atoms with Crippen LogP contribution in [0, 0.1) is 0 Å². The standard InChI is InChI=1S/C17H21N3O4/c1-10(2)9-24-13-7-5-12(6-8-13)17(4)15(22)20(16(23)19-17)11(3)14(18)21/h5-8,11H,1,9H2,2-4H3,(H2,18,21)(H,19,23). The van der Waals surface area contributed by atoms with Crippen molar-refractivity contribution < 1.29 is 19.1 Å². The molecule has 0 saturated carbocycles. The van der Waals surface area contributed by atoms with Crippen LogP contribution in [0.25, 0.3) is 0 Å². The van der Waals surface area contributed by atoms with Gasteiger partial charge in [0.15, 0.2) is 0 Å². The molecule has 7 heteroatoms. The quantitative estimate of drug-likeness (QED) is 0.605. The Hall–Kier alpha value is -2.83. The third-order valence-corrected chi connectivity index (χ3v) is 3.94. The van der Waals surface area contributed by atoms with Crippen molar-refractivity contribution in [2.75, 3.05) is 6.61 Å². The van der Waals surface area contributed by atoms with E-state index in [2.05, 4.69) is 11.9 Å². The predicted octanol–water partition coefficient (Wildman–Crippen LogP) is 1.28. The van der Waals surface area contributed by atoms with Crippen LogP contribution in [0.5, 0.6) is 5.75 Å². The zero-order valence-electron chi connectivity index (χ0n) is 14.0. The molecule has 1 aliphatic heterocycles. The van der Waals surface area contributed by atoms with Crippen molar-refractivity contribution in [3.8, 4) is 5.75 Å². The molecule has 0 bridgehead atoms.